The molecule has 1 N–H and O–H groups in total. The van der Waals surface area contributed by atoms with Gasteiger partial charge in [0.25, 0.3) is 5.91 Å². The lowest BCUT2D eigenvalue weighted by atomic mass is 10.2. The minimum atomic E-state index is -0.0320. The van der Waals surface area contributed by atoms with Gasteiger partial charge in [-0.25, -0.2) is 4.98 Å². The van der Waals surface area contributed by atoms with Crippen molar-refractivity contribution in [3.63, 3.8) is 0 Å². The average molecular weight is 333 g/mol. The summed E-state index contributed by atoms with van der Waals surface area (Å²) in [6.07, 6.45) is 4.97. The van der Waals surface area contributed by atoms with Gasteiger partial charge in [-0.05, 0) is 51.4 Å². The van der Waals surface area contributed by atoms with Gasteiger partial charge >= 0.3 is 0 Å². The molecule has 0 aromatic carbocycles. The molecule has 6 heteroatoms. The fraction of sp³-hybridized carbons (Fsp3) is 0.529. The number of nitrogens with zero attached hydrogens (tertiary/aromatic N) is 2. The Morgan fingerprint density at radius 3 is 2.87 bits per heavy atom. The maximum absolute atomic E-state index is 12.5. The standard InChI is InChI=1S/C17H23N3O2S/c1-3-15-19-12(2)16(23-15)17(21)18-11-13(14-7-6-10-22-14)20-8-4-5-9-20/h6-7,10,13H,3-5,8-9,11H2,1-2H3,(H,18,21). The van der Waals surface area contributed by atoms with Crippen molar-refractivity contribution in [3.05, 3.63) is 39.7 Å². The first kappa shape index (κ1) is 16.2. The van der Waals surface area contributed by atoms with E-state index in [2.05, 4.69) is 22.1 Å². The first-order valence-electron chi connectivity index (χ1n) is 8.21. The molecule has 1 atom stereocenters. The molecular formula is C17H23N3O2S. The van der Waals surface area contributed by atoms with Crippen LogP contribution in [0.1, 0.15) is 51.9 Å². The first-order valence-corrected chi connectivity index (χ1v) is 9.02. The number of aryl methyl sites for hydroxylation is 2. The van der Waals surface area contributed by atoms with Gasteiger partial charge in [0.15, 0.2) is 0 Å². The largest absolute Gasteiger partial charge is 0.468 e. The molecule has 2 aromatic rings. The third-order valence-corrected chi connectivity index (χ3v) is 5.56. The number of hydrogen-bond acceptors (Lipinski definition) is 5. The fourth-order valence-electron chi connectivity index (χ4n) is 3.03. The summed E-state index contributed by atoms with van der Waals surface area (Å²) in [7, 11) is 0. The molecule has 0 saturated carbocycles. The zero-order chi connectivity index (χ0) is 16.2. The van der Waals surface area contributed by atoms with Crippen LogP contribution in [-0.4, -0.2) is 35.4 Å². The number of rotatable bonds is 6. The highest BCUT2D eigenvalue weighted by molar-refractivity contribution is 7.13. The number of likely N-dealkylation sites (tertiary alicyclic amines) is 1. The van der Waals surface area contributed by atoms with Gasteiger partial charge in [0, 0.05) is 6.54 Å². The third-order valence-electron chi connectivity index (χ3n) is 4.26. The van der Waals surface area contributed by atoms with Crippen LogP contribution in [0.15, 0.2) is 22.8 Å². The molecule has 5 nitrogen and oxygen atoms in total. The monoisotopic (exact) mass is 333 g/mol. The predicted molar refractivity (Wildman–Crippen MR) is 90.8 cm³/mol. The Morgan fingerprint density at radius 2 is 2.26 bits per heavy atom. The van der Waals surface area contributed by atoms with Gasteiger partial charge in [-0.15, -0.1) is 11.3 Å². The number of carbonyl (C=O) groups is 1. The summed E-state index contributed by atoms with van der Waals surface area (Å²) in [6, 6.07) is 4.00. The lowest BCUT2D eigenvalue weighted by Gasteiger charge is -2.25. The Bertz CT molecular complexity index is 645. The first-order chi connectivity index (χ1) is 11.2. The average Bonchev–Trinajstić information content (AvgIpc) is 3.29. The van der Waals surface area contributed by atoms with E-state index in [-0.39, 0.29) is 11.9 Å². The molecule has 1 amide bonds. The van der Waals surface area contributed by atoms with Crippen molar-refractivity contribution in [2.45, 2.75) is 39.2 Å². The molecule has 3 rings (SSSR count). The molecule has 124 valence electrons. The smallest absolute Gasteiger partial charge is 0.263 e. The number of nitrogens with one attached hydrogen (secondary N) is 1. The second kappa shape index (κ2) is 7.27. The molecule has 2 aromatic heterocycles. The Morgan fingerprint density at radius 1 is 1.48 bits per heavy atom. The van der Waals surface area contributed by atoms with Crippen LogP contribution in [-0.2, 0) is 6.42 Å². The van der Waals surface area contributed by atoms with Crippen molar-refractivity contribution >= 4 is 17.2 Å². The predicted octanol–water partition coefficient (Wildman–Crippen LogP) is 3.17. The Kier molecular flexibility index (Phi) is 5.13. The lowest BCUT2D eigenvalue weighted by Crippen LogP contribution is -2.36. The summed E-state index contributed by atoms with van der Waals surface area (Å²) in [5.74, 6) is 0.887. The van der Waals surface area contributed by atoms with E-state index in [4.69, 9.17) is 4.42 Å². The number of thiazole rings is 1. The van der Waals surface area contributed by atoms with E-state index in [9.17, 15) is 4.79 Å². The van der Waals surface area contributed by atoms with Gasteiger partial charge in [-0.2, -0.15) is 0 Å². The normalized spacial score (nSPS) is 16.6. The number of hydrogen-bond donors (Lipinski definition) is 1. The van der Waals surface area contributed by atoms with E-state index in [1.807, 2.05) is 19.1 Å². The van der Waals surface area contributed by atoms with Crippen LogP contribution in [0.5, 0.6) is 0 Å². The third kappa shape index (κ3) is 3.64. The quantitative estimate of drug-likeness (QED) is 0.882. The van der Waals surface area contributed by atoms with Gasteiger partial charge in [-0.3, -0.25) is 9.69 Å². The lowest BCUT2D eigenvalue weighted by molar-refractivity contribution is 0.0937. The van der Waals surface area contributed by atoms with Crippen LogP contribution in [0, 0.1) is 6.92 Å². The van der Waals surface area contributed by atoms with E-state index in [1.54, 1.807) is 6.26 Å². The summed E-state index contributed by atoms with van der Waals surface area (Å²) < 4.78 is 5.59. The summed E-state index contributed by atoms with van der Waals surface area (Å²) in [5, 5.41) is 4.08. The topological polar surface area (TPSA) is 58.4 Å². The molecule has 1 saturated heterocycles. The maximum Gasteiger partial charge on any atom is 0.263 e. The van der Waals surface area contributed by atoms with Gasteiger partial charge in [-0.1, -0.05) is 6.92 Å². The Labute approximate surface area is 140 Å². The number of amides is 1. The maximum atomic E-state index is 12.5. The molecule has 0 radical (unpaired) electrons. The van der Waals surface area contributed by atoms with Crippen LogP contribution >= 0.6 is 11.3 Å². The molecule has 0 bridgehead atoms. The van der Waals surface area contributed by atoms with E-state index in [0.29, 0.717) is 6.54 Å². The highest BCUT2D eigenvalue weighted by atomic mass is 32.1. The molecule has 1 aliphatic heterocycles. The zero-order valence-electron chi connectivity index (χ0n) is 13.7. The number of aromatic nitrogens is 1. The fourth-order valence-corrected chi connectivity index (χ4v) is 3.95. The van der Waals surface area contributed by atoms with E-state index < -0.39 is 0 Å². The number of carbonyl (C=O) groups excluding carboxylic acids is 1. The van der Waals surface area contributed by atoms with Crippen molar-refractivity contribution in [2.75, 3.05) is 19.6 Å². The minimum Gasteiger partial charge on any atom is -0.468 e. The zero-order valence-corrected chi connectivity index (χ0v) is 14.5. The van der Waals surface area contributed by atoms with Crippen LogP contribution < -0.4 is 5.32 Å². The molecular weight excluding hydrogens is 310 g/mol. The van der Waals surface area contributed by atoms with Crippen molar-refractivity contribution in [2.24, 2.45) is 0 Å². The van der Waals surface area contributed by atoms with Gasteiger partial charge in [0.1, 0.15) is 10.6 Å². The van der Waals surface area contributed by atoms with Crippen LogP contribution in [0.4, 0.5) is 0 Å². The van der Waals surface area contributed by atoms with Gasteiger partial charge in [0.2, 0.25) is 0 Å². The second-order valence-electron chi connectivity index (χ2n) is 5.86. The molecule has 1 aliphatic rings. The number of furan rings is 1. The van der Waals surface area contributed by atoms with Crippen LogP contribution in [0.2, 0.25) is 0 Å². The molecule has 3 heterocycles. The van der Waals surface area contributed by atoms with Crippen molar-refractivity contribution in [1.29, 1.82) is 0 Å². The van der Waals surface area contributed by atoms with Gasteiger partial charge in [0.05, 0.1) is 23.0 Å². The molecule has 0 spiro atoms. The molecule has 1 fully saturated rings. The Balaban J connectivity index is 1.68. The van der Waals surface area contributed by atoms with Gasteiger partial charge < -0.3 is 9.73 Å². The van der Waals surface area contributed by atoms with Crippen LogP contribution in [0.3, 0.4) is 0 Å². The van der Waals surface area contributed by atoms with Crippen molar-refractivity contribution in [3.8, 4) is 0 Å². The van der Waals surface area contributed by atoms with Crippen LogP contribution in [0.25, 0.3) is 0 Å². The summed E-state index contributed by atoms with van der Waals surface area (Å²) in [5.41, 5.74) is 0.820. The van der Waals surface area contributed by atoms with E-state index >= 15 is 0 Å². The highest BCUT2D eigenvalue weighted by Gasteiger charge is 2.26. The second-order valence-corrected chi connectivity index (χ2v) is 6.94. The molecule has 23 heavy (non-hydrogen) atoms. The SMILES string of the molecule is CCc1nc(C)c(C(=O)NCC(c2ccco2)N2CCCC2)s1. The molecule has 1 unspecified atom stereocenters. The van der Waals surface area contributed by atoms with E-state index in [1.165, 1.54) is 24.2 Å². The molecule has 0 aliphatic carbocycles. The summed E-state index contributed by atoms with van der Waals surface area (Å²) >= 11 is 1.49. The van der Waals surface area contributed by atoms with Crippen molar-refractivity contribution in [1.82, 2.24) is 15.2 Å². The Hall–Kier alpha value is -1.66. The summed E-state index contributed by atoms with van der Waals surface area (Å²) in [4.78, 5) is 20.0. The minimum absolute atomic E-state index is 0.0320. The highest BCUT2D eigenvalue weighted by Crippen LogP contribution is 2.25. The van der Waals surface area contributed by atoms with Crippen molar-refractivity contribution < 1.29 is 9.21 Å². The van der Waals surface area contributed by atoms with E-state index in [0.717, 1.165) is 40.8 Å². The summed E-state index contributed by atoms with van der Waals surface area (Å²) in [6.45, 7) is 6.63.